The van der Waals surface area contributed by atoms with E-state index in [1.54, 1.807) is 11.6 Å². The summed E-state index contributed by atoms with van der Waals surface area (Å²) in [6.45, 7) is 5.89. The van der Waals surface area contributed by atoms with Gasteiger partial charge in [-0.15, -0.1) is 0 Å². The number of hydrogen-bond acceptors (Lipinski definition) is 5. The van der Waals surface area contributed by atoms with Crippen LogP contribution in [0.25, 0.3) is 0 Å². The lowest BCUT2D eigenvalue weighted by Crippen LogP contribution is -2.38. The van der Waals surface area contributed by atoms with Gasteiger partial charge in [0.2, 0.25) is 11.8 Å². The number of anilines is 1. The number of rotatable bonds is 5. The second-order valence-corrected chi connectivity index (χ2v) is 9.44. The van der Waals surface area contributed by atoms with Gasteiger partial charge in [-0.1, -0.05) is 24.3 Å². The van der Waals surface area contributed by atoms with Gasteiger partial charge >= 0.3 is 0 Å². The van der Waals surface area contributed by atoms with E-state index in [1.807, 2.05) is 77.9 Å². The molecule has 8 heteroatoms. The van der Waals surface area contributed by atoms with Gasteiger partial charge < -0.3 is 9.80 Å². The topological polar surface area (TPSA) is 74.6 Å². The number of aryl methyl sites for hydroxylation is 2. The molecular formula is C28H36N6O2. The van der Waals surface area contributed by atoms with Gasteiger partial charge in [0.15, 0.2) is 0 Å². The first-order valence-electron chi connectivity index (χ1n) is 12.7. The summed E-state index contributed by atoms with van der Waals surface area (Å²) in [7, 11) is 1.89. The predicted molar refractivity (Wildman–Crippen MR) is 140 cm³/mol. The van der Waals surface area contributed by atoms with Crippen molar-refractivity contribution in [2.45, 2.75) is 45.7 Å². The third-order valence-electron chi connectivity index (χ3n) is 6.63. The van der Waals surface area contributed by atoms with Crippen LogP contribution >= 0.6 is 0 Å². The summed E-state index contributed by atoms with van der Waals surface area (Å²) in [6, 6.07) is 14.0. The number of para-hydroxylation sites is 1. The van der Waals surface area contributed by atoms with Crippen LogP contribution in [0.5, 0.6) is 0 Å². The Hall–Kier alpha value is -3.52. The van der Waals surface area contributed by atoms with Gasteiger partial charge in [-0.3, -0.25) is 24.2 Å². The fourth-order valence-corrected chi connectivity index (χ4v) is 4.79. The van der Waals surface area contributed by atoms with Crippen molar-refractivity contribution in [3.63, 3.8) is 0 Å². The molecule has 0 atom stereocenters. The molecule has 36 heavy (non-hydrogen) atoms. The maximum Gasteiger partial charge on any atom is 0.223 e. The second kappa shape index (κ2) is 12.4. The van der Waals surface area contributed by atoms with E-state index < -0.39 is 0 Å². The molecule has 0 aliphatic carbocycles. The lowest BCUT2D eigenvalue weighted by molar-refractivity contribution is -0.131. The number of pyridine rings is 1. The molecule has 0 N–H and O–H groups in total. The summed E-state index contributed by atoms with van der Waals surface area (Å²) >= 11 is 0. The molecule has 3 heterocycles. The number of hydrogen-bond donors (Lipinski definition) is 0. The van der Waals surface area contributed by atoms with Crippen LogP contribution in [-0.2, 0) is 36.1 Å². The average molecular weight is 489 g/mol. The van der Waals surface area contributed by atoms with Crippen LogP contribution in [0.4, 0.5) is 5.69 Å². The zero-order valence-corrected chi connectivity index (χ0v) is 21.3. The van der Waals surface area contributed by atoms with E-state index >= 15 is 0 Å². The minimum Gasteiger partial charge on any atom is -0.338 e. The van der Waals surface area contributed by atoms with Crippen molar-refractivity contribution in [3.8, 4) is 0 Å². The first kappa shape index (κ1) is 25.6. The van der Waals surface area contributed by atoms with Gasteiger partial charge in [0.25, 0.3) is 0 Å². The third-order valence-corrected chi connectivity index (χ3v) is 6.63. The number of nitrogens with zero attached hydrogens (tertiary/aromatic N) is 6. The molecule has 1 aliphatic rings. The first-order chi connectivity index (χ1) is 17.5. The largest absolute Gasteiger partial charge is 0.338 e. The Bertz CT molecular complexity index is 1150. The quantitative estimate of drug-likeness (QED) is 0.550. The number of carbonyl (C=O) groups excluding carboxylic acids is 2. The minimum absolute atomic E-state index is 0.0187. The summed E-state index contributed by atoms with van der Waals surface area (Å²) in [5.74, 6) is 0.140. The number of fused-ring (bicyclic) bond motifs is 1. The van der Waals surface area contributed by atoms with Gasteiger partial charge in [-0.25, -0.2) is 0 Å². The van der Waals surface area contributed by atoms with E-state index in [4.69, 9.17) is 0 Å². The fourth-order valence-electron chi connectivity index (χ4n) is 4.79. The second-order valence-electron chi connectivity index (χ2n) is 9.44. The van der Waals surface area contributed by atoms with Crippen LogP contribution < -0.4 is 4.90 Å². The highest BCUT2D eigenvalue weighted by atomic mass is 16.2. The molecule has 0 bridgehead atoms. The maximum atomic E-state index is 13.4. The van der Waals surface area contributed by atoms with Gasteiger partial charge in [0.1, 0.15) is 0 Å². The summed E-state index contributed by atoms with van der Waals surface area (Å²) in [4.78, 5) is 36.7. The molecule has 1 aliphatic heterocycles. The van der Waals surface area contributed by atoms with E-state index in [0.29, 0.717) is 32.5 Å². The van der Waals surface area contributed by atoms with Crippen LogP contribution in [0, 0.1) is 0 Å². The van der Waals surface area contributed by atoms with Crippen LogP contribution in [0.1, 0.15) is 43.0 Å². The maximum absolute atomic E-state index is 13.4. The molecule has 0 unspecified atom stereocenters. The van der Waals surface area contributed by atoms with E-state index in [2.05, 4.69) is 15.0 Å². The normalized spacial score (nSPS) is 15.6. The summed E-state index contributed by atoms with van der Waals surface area (Å²) in [5, 5.41) is 4.22. The lowest BCUT2D eigenvalue weighted by Gasteiger charge is -2.31. The number of aromatic nitrogens is 3. The number of amides is 2. The van der Waals surface area contributed by atoms with E-state index in [-0.39, 0.29) is 11.8 Å². The van der Waals surface area contributed by atoms with Crippen molar-refractivity contribution < 1.29 is 9.59 Å². The van der Waals surface area contributed by atoms with Crippen LogP contribution in [0.2, 0.25) is 0 Å². The van der Waals surface area contributed by atoms with Crippen molar-refractivity contribution in [2.75, 3.05) is 31.1 Å². The van der Waals surface area contributed by atoms with Crippen molar-refractivity contribution in [2.24, 2.45) is 7.05 Å². The smallest absolute Gasteiger partial charge is 0.223 e. The molecule has 2 amide bonds. The number of benzene rings is 1. The molecule has 8 nitrogen and oxygen atoms in total. The van der Waals surface area contributed by atoms with Crippen LogP contribution in [0.3, 0.4) is 0 Å². The van der Waals surface area contributed by atoms with Gasteiger partial charge in [0.05, 0.1) is 11.9 Å². The third kappa shape index (κ3) is 7.01. The van der Waals surface area contributed by atoms with Crippen molar-refractivity contribution in [1.82, 2.24) is 24.6 Å². The van der Waals surface area contributed by atoms with E-state index in [1.165, 1.54) is 0 Å². The molecule has 2 aromatic heterocycles. The highest BCUT2D eigenvalue weighted by Gasteiger charge is 2.21. The van der Waals surface area contributed by atoms with E-state index in [9.17, 15) is 9.59 Å². The van der Waals surface area contributed by atoms with Crippen molar-refractivity contribution in [3.05, 3.63) is 77.9 Å². The Balaban J connectivity index is 1.54. The van der Waals surface area contributed by atoms with Gasteiger partial charge in [0, 0.05) is 77.7 Å². The molecule has 1 aromatic carbocycles. The highest BCUT2D eigenvalue weighted by molar-refractivity contribution is 5.92. The van der Waals surface area contributed by atoms with Crippen molar-refractivity contribution >= 4 is 17.5 Å². The Labute approximate surface area is 213 Å². The monoisotopic (exact) mass is 488 g/mol. The van der Waals surface area contributed by atoms with Gasteiger partial charge in [-0.2, -0.15) is 5.10 Å². The first-order valence-corrected chi connectivity index (χ1v) is 12.7. The van der Waals surface area contributed by atoms with E-state index in [0.717, 1.165) is 55.0 Å². The number of carbonyl (C=O) groups is 2. The standard InChI is InChI=1S/C28H36N6O2/c1-23(35)34-18-8-16-32(22-26-10-5-6-14-29-26)15-7-17-33(21-25-9-3-4-11-27(25)34)28(36)13-12-24-19-30-31(2)20-24/h3-6,9-11,14,19-20H,7-8,12-13,15-18,21-22H2,1-2H3. The zero-order valence-electron chi connectivity index (χ0n) is 21.3. The molecule has 0 radical (unpaired) electrons. The Morgan fingerprint density at radius 2 is 1.75 bits per heavy atom. The predicted octanol–water partition coefficient (Wildman–Crippen LogP) is 3.43. The zero-order chi connectivity index (χ0) is 25.3. The van der Waals surface area contributed by atoms with Gasteiger partial charge in [-0.05, 0) is 48.6 Å². The molecule has 0 saturated carbocycles. The Kier molecular flexibility index (Phi) is 8.84. The fraction of sp³-hybridized carbons (Fsp3) is 0.429. The van der Waals surface area contributed by atoms with Crippen molar-refractivity contribution in [1.29, 1.82) is 0 Å². The summed E-state index contributed by atoms with van der Waals surface area (Å²) in [6.07, 6.45) is 8.44. The van der Waals surface area contributed by atoms with Crippen LogP contribution in [0.15, 0.2) is 61.1 Å². The Morgan fingerprint density at radius 1 is 0.972 bits per heavy atom. The molecule has 0 spiro atoms. The molecule has 3 aromatic rings. The summed E-state index contributed by atoms with van der Waals surface area (Å²) < 4.78 is 1.76. The molecule has 4 rings (SSSR count). The SMILES string of the molecule is CC(=O)N1CCCN(Cc2ccccn2)CCCN(C(=O)CCc2cnn(C)c2)Cc2ccccc21. The molecular weight excluding hydrogens is 452 g/mol. The highest BCUT2D eigenvalue weighted by Crippen LogP contribution is 2.24. The minimum atomic E-state index is 0.0187. The van der Waals surface area contributed by atoms with Crippen LogP contribution in [-0.4, -0.2) is 62.6 Å². The molecule has 0 fully saturated rings. The Morgan fingerprint density at radius 3 is 2.47 bits per heavy atom. The lowest BCUT2D eigenvalue weighted by atomic mass is 10.1. The average Bonchev–Trinajstić information content (AvgIpc) is 3.29. The summed E-state index contributed by atoms with van der Waals surface area (Å²) in [5.41, 5.74) is 3.99. The molecule has 0 saturated heterocycles. The molecule has 190 valence electrons.